The zero-order valence-corrected chi connectivity index (χ0v) is 18.0. The lowest BCUT2D eigenvalue weighted by Gasteiger charge is -2.15. The zero-order chi connectivity index (χ0) is 21.4. The van der Waals surface area contributed by atoms with Crippen LogP contribution in [-0.2, 0) is 0 Å². The molecule has 3 aromatic carbocycles. The van der Waals surface area contributed by atoms with Crippen molar-refractivity contribution in [3.8, 4) is 5.75 Å². The summed E-state index contributed by atoms with van der Waals surface area (Å²) in [6.45, 7) is 0. The van der Waals surface area contributed by atoms with Gasteiger partial charge in [0.25, 0.3) is 17.7 Å². The number of methoxy groups -OCH3 is 1. The number of fused-ring (bicyclic) bond motifs is 1. The Morgan fingerprint density at radius 3 is 2.37 bits per heavy atom. The number of imide groups is 1. The van der Waals surface area contributed by atoms with Crippen LogP contribution in [0.2, 0.25) is 5.02 Å². The fourth-order valence-electron chi connectivity index (χ4n) is 3.18. The minimum atomic E-state index is -0.405. The Morgan fingerprint density at radius 1 is 0.967 bits per heavy atom. The van der Waals surface area contributed by atoms with Gasteiger partial charge in [-0.3, -0.25) is 14.4 Å². The molecule has 0 aliphatic carbocycles. The highest BCUT2D eigenvalue weighted by molar-refractivity contribution is 9.10. The van der Waals surface area contributed by atoms with Crippen LogP contribution in [0.1, 0.15) is 31.1 Å². The molecule has 3 aromatic rings. The van der Waals surface area contributed by atoms with E-state index in [4.69, 9.17) is 16.3 Å². The lowest BCUT2D eigenvalue weighted by atomic mass is 10.1. The molecule has 8 heteroatoms. The van der Waals surface area contributed by atoms with E-state index in [-0.39, 0.29) is 5.91 Å². The second-order valence-corrected chi connectivity index (χ2v) is 7.83. The molecule has 0 unspecified atom stereocenters. The quantitative estimate of drug-likeness (QED) is 0.518. The van der Waals surface area contributed by atoms with Gasteiger partial charge in [-0.05, 0) is 60.7 Å². The van der Waals surface area contributed by atoms with Gasteiger partial charge in [-0.15, -0.1) is 0 Å². The van der Waals surface area contributed by atoms with Crippen LogP contribution in [0.15, 0.2) is 65.1 Å². The van der Waals surface area contributed by atoms with Gasteiger partial charge < -0.3 is 10.1 Å². The van der Waals surface area contributed by atoms with Crippen LogP contribution in [0, 0.1) is 0 Å². The van der Waals surface area contributed by atoms with Crippen LogP contribution in [-0.4, -0.2) is 24.8 Å². The van der Waals surface area contributed by atoms with Crippen molar-refractivity contribution in [2.45, 2.75) is 0 Å². The number of carbonyl (C=O) groups is 3. The second kappa shape index (κ2) is 7.93. The van der Waals surface area contributed by atoms with E-state index in [1.165, 1.54) is 7.11 Å². The lowest BCUT2D eigenvalue weighted by Crippen LogP contribution is -2.29. The molecule has 30 heavy (non-hydrogen) atoms. The van der Waals surface area contributed by atoms with Gasteiger partial charge in [-0.1, -0.05) is 27.5 Å². The second-order valence-electron chi connectivity index (χ2n) is 6.48. The van der Waals surface area contributed by atoms with Crippen molar-refractivity contribution in [3.05, 3.63) is 86.8 Å². The third-order valence-corrected chi connectivity index (χ3v) is 5.37. The fraction of sp³-hybridized carbons (Fsp3) is 0.0455. The number of carbonyl (C=O) groups excluding carboxylic acids is 3. The predicted octanol–water partition coefficient (Wildman–Crippen LogP) is 5.16. The van der Waals surface area contributed by atoms with Crippen LogP contribution in [0.25, 0.3) is 0 Å². The minimum absolute atomic E-state index is 0.337. The predicted molar refractivity (Wildman–Crippen MR) is 118 cm³/mol. The molecular weight excluding hydrogens is 472 g/mol. The summed E-state index contributed by atoms with van der Waals surface area (Å²) in [5.41, 5.74) is 1.85. The summed E-state index contributed by atoms with van der Waals surface area (Å²) < 4.78 is 5.94. The summed E-state index contributed by atoms with van der Waals surface area (Å²) in [5.74, 6) is -0.713. The first kappa shape index (κ1) is 20.1. The largest absolute Gasteiger partial charge is 0.495 e. The molecule has 1 aliphatic rings. The minimum Gasteiger partial charge on any atom is -0.495 e. The highest BCUT2D eigenvalue weighted by atomic mass is 79.9. The molecule has 0 bridgehead atoms. The number of halogens is 2. The number of ether oxygens (including phenoxy) is 1. The molecule has 0 saturated carbocycles. The van der Waals surface area contributed by atoms with Crippen molar-refractivity contribution >= 4 is 56.6 Å². The van der Waals surface area contributed by atoms with Gasteiger partial charge in [-0.2, -0.15) is 0 Å². The summed E-state index contributed by atoms with van der Waals surface area (Å²) in [4.78, 5) is 39.1. The van der Waals surface area contributed by atoms with Crippen molar-refractivity contribution in [1.82, 2.24) is 0 Å². The van der Waals surface area contributed by atoms with E-state index < -0.39 is 11.8 Å². The van der Waals surface area contributed by atoms with E-state index in [0.29, 0.717) is 43.3 Å². The molecule has 1 aliphatic heterocycles. The third-order valence-electron chi connectivity index (χ3n) is 4.65. The monoisotopic (exact) mass is 484 g/mol. The first-order valence-corrected chi connectivity index (χ1v) is 9.99. The summed E-state index contributed by atoms with van der Waals surface area (Å²) in [5, 5.41) is 3.20. The average molecular weight is 486 g/mol. The standard InChI is InChI=1S/C22H14BrClN2O4/c1-30-19-9-5-14(24)11-18(19)25-20(27)12-2-6-15(7-3-12)26-21(28)16-8-4-13(23)10-17(16)22(26)29/h2-11H,1H3,(H,25,27). The van der Waals surface area contributed by atoms with Crippen LogP contribution in [0.3, 0.4) is 0 Å². The molecule has 1 N–H and O–H groups in total. The Bertz CT molecular complexity index is 1190. The molecule has 4 rings (SSSR count). The molecule has 0 saturated heterocycles. The maximum Gasteiger partial charge on any atom is 0.266 e. The highest BCUT2D eigenvalue weighted by Crippen LogP contribution is 2.31. The van der Waals surface area contributed by atoms with Crippen LogP contribution in [0.4, 0.5) is 11.4 Å². The Hall–Kier alpha value is -3.16. The number of nitrogens with zero attached hydrogens (tertiary/aromatic N) is 1. The third kappa shape index (κ3) is 3.58. The number of benzene rings is 3. The van der Waals surface area contributed by atoms with E-state index >= 15 is 0 Å². The van der Waals surface area contributed by atoms with Gasteiger partial charge in [0.15, 0.2) is 0 Å². The van der Waals surface area contributed by atoms with E-state index in [9.17, 15) is 14.4 Å². The Kier molecular flexibility index (Phi) is 5.32. The molecule has 0 fully saturated rings. The van der Waals surface area contributed by atoms with Gasteiger partial charge in [0, 0.05) is 15.1 Å². The molecule has 0 atom stereocenters. The average Bonchev–Trinajstić information content (AvgIpc) is 2.98. The smallest absolute Gasteiger partial charge is 0.266 e. The first-order chi connectivity index (χ1) is 14.4. The van der Waals surface area contributed by atoms with Gasteiger partial charge in [-0.25, -0.2) is 4.90 Å². The SMILES string of the molecule is COc1ccc(Cl)cc1NC(=O)c1ccc(N2C(=O)c3ccc(Br)cc3C2=O)cc1. The maximum atomic E-state index is 12.7. The molecule has 0 radical (unpaired) electrons. The Morgan fingerprint density at radius 2 is 1.67 bits per heavy atom. The van der Waals surface area contributed by atoms with Crippen molar-refractivity contribution in [2.75, 3.05) is 17.3 Å². The van der Waals surface area contributed by atoms with Gasteiger partial charge in [0.2, 0.25) is 0 Å². The van der Waals surface area contributed by atoms with E-state index in [1.807, 2.05) is 0 Å². The summed E-state index contributed by atoms with van der Waals surface area (Å²) in [6, 6.07) is 16.0. The molecule has 6 nitrogen and oxygen atoms in total. The molecular formula is C22H14BrClN2O4. The van der Waals surface area contributed by atoms with Gasteiger partial charge in [0.1, 0.15) is 5.75 Å². The lowest BCUT2D eigenvalue weighted by molar-refractivity contribution is 0.0925. The molecule has 0 spiro atoms. The van der Waals surface area contributed by atoms with Crippen LogP contribution < -0.4 is 15.0 Å². The number of hydrogen-bond acceptors (Lipinski definition) is 4. The zero-order valence-electron chi connectivity index (χ0n) is 15.6. The summed E-state index contributed by atoms with van der Waals surface area (Å²) in [6.07, 6.45) is 0. The number of amides is 3. The fourth-order valence-corrected chi connectivity index (χ4v) is 3.71. The maximum absolute atomic E-state index is 12.7. The summed E-state index contributed by atoms with van der Waals surface area (Å²) in [7, 11) is 1.49. The topological polar surface area (TPSA) is 75.7 Å². The summed E-state index contributed by atoms with van der Waals surface area (Å²) >= 11 is 9.31. The van der Waals surface area contributed by atoms with Gasteiger partial charge >= 0.3 is 0 Å². The van der Waals surface area contributed by atoms with Crippen LogP contribution in [0.5, 0.6) is 5.75 Å². The molecule has 150 valence electrons. The first-order valence-electron chi connectivity index (χ1n) is 8.82. The Balaban J connectivity index is 1.57. The number of anilines is 2. The number of rotatable bonds is 4. The normalized spacial score (nSPS) is 12.7. The molecule has 0 aromatic heterocycles. The van der Waals surface area contributed by atoms with Crippen molar-refractivity contribution in [3.63, 3.8) is 0 Å². The van der Waals surface area contributed by atoms with Crippen molar-refractivity contribution < 1.29 is 19.1 Å². The van der Waals surface area contributed by atoms with E-state index in [0.717, 1.165) is 4.90 Å². The van der Waals surface area contributed by atoms with Gasteiger partial charge in [0.05, 0.1) is 29.6 Å². The van der Waals surface area contributed by atoms with E-state index in [1.54, 1.807) is 60.7 Å². The van der Waals surface area contributed by atoms with Crippen molar-refractivity contribution in [1.29, 1.82) is 0 Å². The number of nitrogens with one attached hydrogen (secondary N) is 1. The molecule has 1 heterocycles. The highest BCUT2D eigenvalue weighted by Gasteiger charge is 2.36. The number of hydrogen-bond donors (Lipinski definition) is 1. The van der Waals surface area contributed by atoms with Crippen LogP contribution >= 0.6 is 27.5 Å². The van der Waals surface area contributed by atoms with Crippen molar-refractivity contribution in [2.24, 2.45) is 0 Å². The molecule has 3 amide bonds. The Labute approximate surface area is 185 Å². The van der Waals surface area contributed by atoms with E-state index in [2.05, 4.69) is 21.2 Å².